The molecule has 5 N–H and O–H groups in total. The fraction of sp³-hybridized carbons (Fsp3) is 0.771. The molecule has 14 nitrogen and oxygen atoms in total. The van der Waals surface area contributed by atoms with Crippen LogP contribution in [0.15, 0.2) is 0 Å². The lowest BCUT2D eigenvalue weighted by Gasteiger charge is -2.19. The molecule has 0 aromatic rings. The van der Waals surface area contributed by atoms with E-state index < -0.39 is 23.2 Å². The maximum absolute atomic E-state index is 12.6. The van der Waals surface area contributed by atoms with Crippen molar-refractivity contribution < 1.29 is 38.4 Å². The Bertz CT molecular complexity index is 1120. The maximum Gasteiger partial charge on any atom is 0.242 e. The lowest BCUT2D eigenvalue weighted by molar-refractivity contribution is -0.139. The van der Waals surface area contributed by atoms with Gasteiger partial charge in [-0.1, -0.05) is 27.2 Å². The summed E-state index contributed by atoms with van der Waals surface area (Å²) in [5.74, 6) is 0.547. The number of carbonyl (C=O) groups excluding carboxylic acids is 8. The average Bonchev–Trinajstić information content (AvgIpc) is 3.35. The van der Waals surface area contributed by atoms with Crippen molar-refractivity contribution in [3.8, 4) is 0 Å². The molecule has 1 rings (SSSR count). The molecule has 0 aromatic heterocycles. The first-order chi connectivity index (χ1) is 24.6. The van der Waals surface area contributed by atoms with Crippen molar-refractivity contribution in [1.82, 2.24) is 31.5 Å². The Morgan fingerprint density at radius 2 is 1.40 bits per heavy atom. The van der Waals surface area contributed by atoms with E-state index in [4.69, 9.17) is 7.85 Å². The van der Waals surface area contributed by atoms with Crippen molar-refractivity contribution >= 4 is 78.9 Å². The largest absolute Gasteiger partial charge is 0.354 e. The van der Waals surface area contributed by atoms with Gasteiger partial charge >= 0.3 is 0 Å². The Morgan fingerprint density at radius 3 is 2.00 bits per heavy atom. The maximum atomic E-state index is 12.6. The first kappa shape index (κ1) is 51.0. The van der Waals surface area contributed by atoms with E-state index >= 15 is 0 Å². The van der Waals surface area contributed by atoms with Crippen molar-refractivity contribution in [1.29, 1.82) is 0 Å². The molecule has 0 aliphatic carbocycles. The lowest BCUT2D eigenvalue weighted by atomic mass is 9.97. The number of nitrogens with zero attached hydrogens (tertiary/aromatic N) is 1. The highest BCUT2D eigenvalue weighted by molar-refractivity contribution is 8.00. The topological polar surface area (TPSA) is 200 Å². The van der Waals surface area contributed by atoms with Crippen molar-refractivity contribution in [2.24, 2.45) is 0 Å². The Kier molecular flexibility index (Phi) is 30.9. The molecular formula is C35H63BN6O8S2. The minimum absolute atomic E-state index is 0.0462. The number of unbranched alkanes of at least 4 members (excludes halogenated alkanes) is 2. The van der Waals surface area contributed by atoms with Gasteiger partial charge in [0.1, 0.15) is 12.1 Å². The summed E-state index contributed by atoms with van der Waals surface area (Å²) in [4.78, 5) is 94.5. The monoisotopic (exact) mass is 770 g/mol. The normalized spacial score (nSPS) is 15.2. The Hall–Kier alpha value is -3.08. The van der Waals surface area contributed by atoms with Gasteiger partial charge in [0.05, 0.1) is 16.8 Å². The highest BCUT2D eigenvalue weighted by Crippen LogP contribution is 2.26. The van der Waals surface area contributed by atoms with Crippen LogP contribution >= 0.6 is 23.5 Å². The molecule has 1 aliphatic rings. The lowest BCUT2D eigenvalue weighted by Crippen LogP contribution is -2.52. The van der Waals surface area contributed by atoms with Crippen molar-refractivity contribution in [3.05, 3.63) is 0 Å². The van der Waals surface area contributed by atoms with Gasteiger partial charge in [0, 0.05) is 37.9 Å². The van der Waals surface area contributed by atoms with Gasteiger partial charge in [0.15, 0.2) is 7.85 Å². The zero-order chi connectivity index (χ0) is 40.1. The molecule has 1 heterocycles. The molecule has 0 saturated carbocycles. The first-order valence-corrected chi connectivity index (χ1v) is 20.5. The molecule has 2 radical (unpaired) electrons. The van der Waals surface area contributed by atoms with Crippen LogP contribution in [0.4, 0.5) is 0 Å². The van der Waals surface area contributed by atoms with Gasteiger partial charge < -0.3 is 31.4 Å². The van der Waals surface area contributed by atoms with Crippen LogP contribution in [0.1, 0.15) is 120 Å². The number of hydrogen-bond donors (Lipinski definition) is 5. The summed E-state index contributed by atoms with van der Waals surface area (Å²) in [5, 5.41) is 12.8. The minimum atomic E-state index is -0.802. The minimum Gasteiger partial charge on any atom is -0.354 e. The number of carbonyl (C=O) groups is 8. The molecule has 17 heteroatoms. The summed E-state index contributed by atoms with van der Waals surface area (Å²) in [6.45, 7) is 14.9. The Balaban J connectivity index is 0. The average molecular weight is 771 g/mol. The van der Waals surface area contributed by atoms with Gasteiger partial charge in [-0.2, -0.15) is 0 Å². The van der Waals surface area contributed by atoms with Gasteiger partial charge in [-0.3, -0.25) is 38.5 Å². The van der Waals surface area contributed by atoms with Crippen LogP contribution in [0, 0.1) is 0 Å². The Morgan fingerprint density at radius 1 is 0.808 bits per heavy atom. The third-order valence-corrected chi connectivity index (χ3v) is 9.55. The van der Waals surface area contributed by atoms with Gasteiger partial charge in [-0.25, -0.2) is 0 Å². The van der Waals surface area contributed by atoms with Crippen LogP contribution in [0.2, 0.25) is 0 Å². The first-order valence-electron chi connectivity index (χ1n) is 18.3. The Labute approximate surface area is 320 Å². The number of thioether (sulfide) groups is 2. The number of hydrogen-bond acceptors (Lipinski definition) is 10. The summed E-state index contributed by atoms with van der Waals surface area (Å²) in [7, 11) is 4.98. The highest BCUT2D eigenvalue weighted by Gasteiger charge is 2.38. The summed E-state index contributed by atoms with van der Waals surface area (Å²) in [6, 6.07) is -1.48. The van der Waals surface area contributed by atoms with Crippen LogP contribution in [0.3, 0.4) is 0 Å². The van der Waals surface area contributed by atoms with Gasteiger partial charge in [-0.05, 0) is 84.6 Å². The SMILES string of the molecule is CC.CCC(C)NC(=O)CCCN1C(=O)CC(SCCCC(=O)NC(C)C(=O)NC(C)C(=O)NC(C)C)C1=O.[B]C(=O)CCCCCSCNC=O. The molecule has 4 atom stereocenters. The quantitative estimate of drug-likeness (QED) is 0.0302. The van der Waals surface area contributed by atoms with Crippen LogP contribution < -0.4 is 26.6 Å². The number of amides is 7. The second-order valence-electron chi connectivity index (χ2n) is 12.4. The molecule has 1 fully saturated rings. The molecule has 0 spiro atoms. The van der Waals surface area contributed by atoms with E-state index in [1.165, 1.54) is 16.7 Å². The van der Waals surface area contributed by atoms with Crippen molar-refractivity contribution in [3.63, 3.8) is 0 Å². The van der Waals surface area contributed by atoms with Gasteiger partial charge in [0.2, 0.25) is 41.9 Å². The van der Waals surface area contributed by atoms with Gasteiger partial charge in [-0.15, -0.1) is 23.5 Å². The van der Waals surface area contributed by atoms with Crippen LogP contribution in [0.5, 0.6) is 0 Å². The zero-order valence-corrected chi connectivity index (χ0v) is 34.1. The molecule has 1 aliphatic heterocycles. The third kappa shape index (κ3) is 25.8. The zero-order valence-electron chi connectivity index (χ0n) is 32.5. The van der Waals surface area contributed by atoms with Crippen molar-refractivity contribution in [2.45, 2.75) is 149 Å². The summed E-state index contributed by atoms with van der Waals surface area (Å²) in [5.41, 5.74) is -0.227. The van der Waals surface area contributed by atoms with E-state index in [2.05, 4.69) is 26.6 Å². The fourth-order valence-corrected chi connectivity index (χ4v) is 6.23. The molecule has 0 aromatic carbocycles. The number of likely N-dealkylation sites (tertiary alicyclic amines) is 1. The predicted octanol–water partition coefficient (Wildman–Crippen LogP) is 2.56. The number of nitrogens with one attached hydrogen (secondary N) is 5. The molecule has 296 valence electrons. The third-order valence-electron chi connectivity index (χ3n) is 7.31. The molecular weight excluding hydrogens is 707 g/mol. The summed E-state index contributed by atoms with van der Waals surface area (Å²) in [6.07, 6.45) is 6.42. The van der Waals surface area contributed by atoms with E-state index in [0.29, 0.717) is 37.3 Å². The summed E-state index contributed by atoms with van der Waals surface area (Å²) < 4.78 is 0. The second-order valence-corrected chi connectivity index (χ2v) is 14.8. The van der Waals surface area contributed by atoms with E-state index in [1.54, 1.807) is 25.6 Å². The fourth-order valence-electron chi connectivity index (χ4n) is 4.36. The molecule has 4 unspecified atom stereocenters. The highest BCUT2D eigenvalue weighted by atomic mass is 32.2. The van der Waals surface area contributed by atoms with E-state index in [1.807, 2.05) is 41.5 Å². The molecule has 52 heavy (non-hydrogen) atoms. The molecule has 1 saturated heterocycles. The second kappa shape index (κ2) is 31.5. The standard InChI is InChI=1S/C25H43N5O6S.C8H14BNO2S.C2H6/c1-7-16(4)27-20(31)10-8-12-30-22(33)14-19(25(30)36)37-13-9-11-21(32)28-17(5)24(35)29-18(6)23(34)26-15(2)3;9-8(12)4-2-1-3-5-13-7-10-6-11;1-2/h15-19H,7-14H2,1-6H3,(H,26,34)(H,27,31)(H,28,32)(H,29,35);6H,1-5,7H2,(H,10,11);1-2H3. The predicted molar refractivity (Wildman–Crippen MR) is 210 cm³/mol. The van der Waals surface area contributed by atoms with E-state index in [0.717, 1.165) is 31.4 Å². The number of rotatable bonds is 25. The van der Waals surface area contributed by atoms with Crippen molar-refractivity contribution in [2.75, 3.05) is 23.9 Å². The molecule has 7 amide bonds. The van der Waals surface area contributed by atoms with Crippen LogP contribution in [0.25, 0.3) is 0 Å². The van der Waals surface area contributed by atoms with Crippen LogP contribution in [-0.4, -0.2) is 114 Å². The molecule has 0 bridgehead atoms. The van der Waals surface area contributed by atoms with Gasteiger partial charge in [0.25, 0.3) is 0 Å². The number of imide groups is 1. The van der Waals surface area contributed by atoms with Crippen LogP contribution in [-0.2, 0) is 38.4 Å². The van der Waals surface area contributed by atoms with E-state index in [9.17, 15) is 38.4 Å². The summed E-state index contributed by atoms with van der Waals surface area (Å²) >= 11 is 3.02. The smallest absolute Gasteiger partial charge is 0.242 e. The van der Waals surface area contributed by atoms with E-state index in [-0.39, 0.29) is 73.1 Å².